The molecule has 1 saturated heterocycles. The number of halogens is 6. The van der Waals surface area contributed by atoms with Crippen LogP contribution in [0, 0.1) is 0 Å². The Balaban J connectivity index is 0.00000126. The fraction of sp³-hybridized carbons (Fsp3) is 0.500. The van der Waals surface area contributed by atoms with Crippen LogP contribution in [0.3, 0.4) is 0 Å². The topological polar surface area (TPSA) is 36.1 Å². The van der Waals surface area contributed by atoms with Gasteiger partial charge in [-0.3, -0.25) is 4.79 Å². The molecule has 2 heterocycles. The number of fused-ring (bicyclic) bond motifs is 1. The molecule has 0 bridgehead atoms. The molecule has 0 amide bonds. The Kier molecular flexibility index (Phi) is 6.11. The van der Waals surface area contributed by atoms with Crippen molar-refractivity contribution in [1.82, 2.24) is 4.98 Å². The third-order valence-electron chi connectivity index (χ3n) is 4.31. The number of anilines is 1. The highest BCUT2D eigenvalue weighted by Gasteiger charge is 2.37. The molecule has 0 spiro atoms. The summed E-state index contributed by atoms with van der Waals surface area (Å²) in [5.74, 6) is 0. The van der Waals surface area contributed by atoms with Gasteiger partial charge in [0.05, 0.1) is 12.0 Å². The van der Waals surface area contributed by atoms with Crippen LogP contribution in [0.1, 0.15) is 38.7 Å². The Morgan fingerprint density at radius 3 is 2.37 bits per heavy atom. The van der Waals surface area contributed by atoms with Gasteiger partial charge in [0.2, 0.25) is 5.56 Å². The lowest BCUT2D eigenvalue weighted by molar-refractivity contribution is -0.138. The first-order chi connectivity index (χ1) is 12.5. The van der Waals surface area contributed by atoms with Crippen LogP contribution >= 0.6 is 0 Å². The second-order valence-corrected chi connectivity index (χ2v) is 6.08. The molecule has 1 atom stereocenters. The second kappa shape index (κ2) is 7.82. The Labute approximate surface area is 152 Å². The summed E-state index contributed by atoms with van der Waals surface area (Å²) in [5.41, 5.74) is -1.70. The molecule has 1 aliphatic heterocycles. The zero-order valence-electron chi connectivity index (χ0n) is 14.8. The molecule has 3 rings (SSSR count). The molecule has 1 fully saturated rings. The van der Waals surface area contributed by atoms with Gasteiger partial charge in [0.15, 0.2) is 0 Å². The zero-order chi connectivity index (χ0) is 20.4. The maximum atomic E-state index is 13.2. The Hall–Kier alpha value is -2.19. The van der Waals surface area contributed by atoms with Crippen molar-refractivity contribution < 1.29 is 26.3 Å². The van der Waals surface area contributed by atoms with Crippen molar-refractivity contribution in [3.05, 3.63) is 40.2 Å². The molecule has 0 unspecified atom stereocenters. The Morgan fingerprint density at radius 2 is 1.78 bits per heavy atom. The van der Waals surface area contributed by atoms with Crippen LogP contribution in [0.5, 0.6) is 0 Å². The van der Waals surface area contributed by atoms with Crippen LogP contribution in [-0.2, 0) is 6.18 Å². The molecular formula is C18H20F6N2O. The van der Waals surface area contributed by atoms with Gasteiger partial charge in [0, 0.05) is 35.2 Å². The van der Waals surface area contributed by atoms with E-state index in [2.05, 4.69) is 4.98 Å². The minimum Gasteiger partial charge on any atom is -0.368 e. The van der Waals surface area contributed by atoms with Gasteiger partial charge >= 0.3 is 12.4 Å². The third kappa shape index (κ3) is 4.95. The Morgan fingerprint density at radius 1 is 1.11 bits per heavy atom. The van der Waals surface area contributed by atoms with Gasteiger partial charge in [-0.25, -0.2) is 0 Å². The first-order valence-corrected chi connectivity index (χ1v) is 8.62. The van der Waals surface area contributed by atoms with Crippen molar-refractivity contribution in [2.45, 2.75) is 51.5 Å². The summed E-state index contributed by atoms with van der Waals surface area (Å²) in [6.45, 7) is 4.34. The van der Waals surface area contributed by atoms with E-state index in [1.807, 2.05) is 13.8 Å². The summed E-state index contributed by atoms with van der Waals surface area (Å²) in [6.07, 6.45) is -9.22. The average Bonchev–Trinajstić information content (AvgIpc) is 3.00. The van der Waals surface area contributed by atoms with Crippen molar-refractivity contribution >= 4 is 16.6 Å². The average molecular weight is 394 g/mol. The van der Waals surface area contributed by atoms with Crippen LogP contribution < -0.4 is 10.5 Å². The highest BCUT2D eigenvalue weighted by molar-refractivity contribution is 5.86. The lowest BCUT2D eigenvalue weighted by atomic mass is 10.1. The number of nitrogens with zero attached hydrogens (tertiary/aromatic N) is 1. The fourth-order valence-electron chi connectivity index (χ4n) is 3.31. The first-order valence-electron chi connectivity index (χ1n) is 8.62. The van der Waals surface area contributed by atoms with Crippen LogP contribution in [0.2, 0.25) is 0 Å². The van der Waals surface area contributed by atoms with Crippen molar-refractivity contribution in [2.24, 2.45) is 0 Å². The molecule has 0 aliphatic carbocycles. The lowest BCUT2D eigenvalue weighted by Crippen LogP contribution is -2.33. The van der Waals surface area contributed by atoms with Crippen LogP contribution in [0.4, 0.5) is 32.0 Å². The highest BCUT2D eigenvalue weighted by atomic mass is 19.4. The van der Waals surface area contributed by atoms with E-state index in [0.29, 0.717) is 25.5 Å². The summed E-state index contributed by atoms with van der Waals surface area (Å²) in [7, 11) is 0. The number of hydrogen-bond donors (Lipinski definition) is 1. The van der Waals surface area contributed by atoms with Gasteiger partial charge in [-0.15, -0.1) is 0 Å². The standard InChI is InChI=1S/C16H14F6N2O.C2H6/c17-15(18,19)8-10-2-1-5-24(10)9-3-4-13-11(6-9)12(16(20,21)22)7-14(25)23-13;1-2/h3-4,6-7,10H,1-2,5,8H2,(H,23,25);1-2H3/t10-;/m1./s1. The van der Waals surface area contributed by atoms with Crippen LogP contribution in [0.25, 0.3) is 10.9 Å². The second-order valence-electron chi connectivity index (χ2n) is 6.08. The molecule has 3 nitrogen and oxygen atoms in total. The lowest BCUT2D eigenvalue weighted by Gasteiger charge is -2.28. The number of rotatable bonds is 2. The van der Waals surface area contributed by atoms with Gasteiger partial charge < -0.3 is 9.88 Å². The van der Waals surface area contributed by atoms with E-state index in [1.165, 1.54) is 23.1 Å². The molecule has 2 aromatic rings. The quantitative estimate of drug-likeness (QED) is 0.684. The van der Waals surface area contributed by atoms with Crippen molar-refractivity contribution in [3.8, 4) is 0 Å². The largest absolute Gasteiger partial charge is 0.417 e. The van der Waals surface area contributed by atoms with Crippen LogP contribution in [0.15, 0.2) is 29.1 Å². The summed E-state index contributed by atoms with van der Waals surface area (Å²) >= 11 is 0. The number of aromatic amines is 1. The van der Waals surface area contributed by atoms with E-state index in [0.717, 1.165) is 0 Å². The Bertz CT molecular complexity index is 840. The maximum absolute atomic E-state index is 13.2. The number of hydrogen-bond acceptors (Lipinski definition) is 2. The zero-order valence-corrected chi connectivity index (χ0v) is 14.8. The first kappa shape index (κ1) is 21.1. The van der Waals surface area contributed by atoms with Crippen molar-refractivity contribution in [3.63, 3.8) is 0 Å². The third-order valence-corrected chi connectivity index (χ3v) is 4.31. The minimum atomic E-state index is -4.73. The summed E-state index contributed by atoms with van der Waals surface area (Å²) in [6, 6.07) is 3.60. The number of nitrogens with one attached hydrogen (secondary N) is 1. The predicted octanol–water partition coefficient (Wildman–Crippen LogP) is 5.49. The van der Waals surface area contributed by atoms with E-state index in [9.17, 15) is 31.1 Å². The van der Waals surface area contributed by atoms with Crippen LogP contribution in [-0.4, -0.2) is 23.7 Å². The molecule has 1 aliphatic rings. The molecule has 0 radical (unpaired) electrons. The molecule has 150 valence electrons. The van der Waals surface area contributed by atoms with E-state index in [4.69, 9.17) is 0 Å². The molecule has 1 aromatic heterocycles. The normalized spacial score (nSPS) is 17.8. The van der Waals surface area contributed by atoms with Crippen molar-refractivity contribution in [1.29, 1.82) is 0 Å². The van der Waals surface area contributed by atoms with E-state index in [1.54, 1.807) is 0 Å². The predicted molar refractivity (Wildman–Crippen MR) is 92.0 cm³/mol. The SMILES string of the molecule is CC.O=c1cc(C(F)(F)F)c2cc(N3CCC[C@@H]3CC(F)(F)F)ccc2[nH]1. The molecule has 1 N–H and O–H groups in total. The summed E-state index contributed by atoms with van der Waals surface area (Å²) < 4.78 is 77.7. The van der Waals surface area contributed by atoms with E-state index in [-0.39, 0.29) is 16.6 Å². The van der Waals surface area contributed by atoms with Crippen molar-refractivity contribution in [2.75, 3.05) is 11.4 Å². The smallest absolute Gasteiger partial charge is 0.368 e. The maximum Gasteiger partial charge on any atom is 0.417 e. The van der Waals surface area contributed by atoms with Gasteiger partial charge in [0.25, 0.3) is 0 Å². The molecular weight excluding hydrogens is 374 g/mol. The number of benzene rings is 1. The number of H-pyrrole nitrogens is 1. The summed E-state index contributed by atoms with van der Waals surface area (Å²) in [4.78, 5) is 15.2. The number of aromatic nitrogens is 1. The van der Waals surface area contributed by atoms with Gasteiger partial charge in [-0.1, -0.05) is 13.8 Å². The molecule has 27 heavy (non-hydrogen) atoms. The molecule has 0 saturated carbocycles. The fourth-order valence-corrected chi connectivity index (χ4v) is 3.31. The van der Waals surface area contributed by atoms with Gasteiger partial charge in [-0.05, 0) is 31.0 Å². The monoisotopic (exact) mass is 394 g/mol. The minimum absolute atomic E-state index is 0.00450. The summed E-state index contributed by atoms with van der Waals surface area (Å²) in [5, 5.41) is -0.234. The van der Waals surface area contributed by atoms with Gasteiger partial charge in [0.1, 0.15) is 0 Å². The van der Waals surface area contributed by atoms with Gasteiger partial charge in [-0.2, -0.15) is 26.3 Å². The number of pyridine rings is 1. The number of alkyl halides is 6. The molecule has 1 aromatic carbocycles. The highest BCUT2D eigenvalue weighted by Crippen LogP contribution is 2.37. The van der Waals surface area contributed by atoms with E-state index < -0.39 is 35.9 Å². The molecule has 9 heteroatoms. The van der Waals surface area contributed by atoms with E-state index >= 15 is 0 Å².